The van der Waals surface area contributed by atoms with Crippen LogP contribution in [0.4, 0.5) is 10.1 Å². The van der Waals surface area contributed by atoms with Gasteiger partial charge in [-0.25, -0.2) is 22.3 Å². The van der Waals surface area contributed by atoms with Gasteiger partial charge >= 0.3 is 5.97 Å². The van der Waals surface area contributed by atoms with Crippen molar-refractivity contribution in [2.45, 2.75) is 24.5 Å². The monoisotopic (exact) mass is 490 g/mol. The van der Waals surface area contributed by atoms with E-state index in [9.17, 15) is 22.4 Å². The number of para-hydroxylation sites is 1. The van der Waals surface area contributed by atoms with Crippen LogP contribution in [-0.2, 0) is 26.1 Å². The number of amides is 1. The predicted octanol–water partition coefficient (Wildman–Crippen LogP) is 4.14. The minimum atomic E-state index is -4.05. The van der Waals surface area contributed by atoms with Crippen molar-refractivity contribution in [2.24, 2.45) is 0 Å². The first-order valence-electron chi connectivity index (χ1n) is 9.77. The van der Waals surface area contributed by atoms with Crippen LogP contribution in [0.3, 0.4) is 0 Å². The number of rotatable bonds is 8. The average molecular weight is 491 g/mol. The Bertz CT molecular complexity index is 1270. The van der Waals surface area contributed by atoms with E-state index in [0.717, 1.165) is 11.6 Å². The molecule has 0 aliphatic heterocycles. The Balaban J connectivity index is 1.70. The fourth-order valence-electron chi connectivity index (χ4n) is 2.77. The third kappa shape index (κ3) is 6.38. The fraction of sp³-hybridized carbons (Fsp3) is 0.130. The molecule has 0 heterocycles. The number of halogens is 2. The first-order valence-corrected chi connectivity index (χ1v) is 11.6. The summed E-state index contributed by atoms with van der Waals surface area (Å²) in [5.74, 6) is -2.33. The molecule has 1 amide bonds. The lowest BCUT2D eigenvalue weighted by molar-refractivity contribution is -0.123. The van der Waals surface area contributed by atoms with Crippen molar-refractivity contribution >= 4 is 39.2 Å². The van der Waals surface area contributed by atoms with E-state index in [0.29, 0.717) is 0 Å². The van der Waals surface area contributed by atoms with Gasteiger partial charge in [0.1, 0.15) is 10.7 Å². The molecule has 172 valence electrons. The Kier molecular flexibility index (Phi) is 7.80. The zero-order valence-corrected chi connectivity index (χ0v) is 19.0. The highest BCUT2D eigenvalue weighted by Crippen LogP contribution is 2.24. The van der Waals surface area contributed by atoms with Crippen molar-refractivity contribution in [3.05, 3.63) is 94.8 Å². The Morgan fingerprint density at radius 3 is 2.39 bits per heavy atom. The highest BCUT2D eigenvalue weighted by molar-refractivity contribution is 7.89. The number of sulfonamides is 1. The summed E-state index contributed by atoms with van der Waals surface area (Å²) >= 11 is 6.06. The van der Waals surface area contributed by atoms with E-state index in [2.05, 4.69) is 10.0 Å². The maximum Gasteiger partial charge on any atom is 0.338 e. The molecule has 0 aromatic heterocycles. The minimum absolute atomic E-state index is 0.0292. The first-order chi connectivity index (χ1) is 15.7. The first kappa shape index (κ1) is 24.4. The second-order valence-corrected chi connectivity index (χ2v) is 9.11. The molecule has 0 radical (unpaired) electrons. The van der Waals surface area contributed by atoms with Crippen molar-refractivity contribution in [2.75, 3.05) is 5.32 Å². The number of carbonyl (C=O) groups excluding carboxylic acids is 2. The largest absolute Gasteiger partial charge is 0.449 e. The summed E-state index contributed by atoms with van der Waals surface area (Å²) in [6, 6.07) is 18.0. The quantitative estimate of drug-likeness (QED) is 0.462. The van der Waals surface area contributed by atoms with Crippen molar-refractivity contribution in [1.82, 2.24) is 4.72 Å². The van der Waals surface area contributed by atoms with Crippen LogP contribution < -0.4 is 10.0 Å². The molecular formula is C23H20ClFN2O5S. The molecule has 3 aromatic rings. The molecule has 7 nitrogen and oxygen atoms in total. The highest BCUT2D eigenvalue weighted by Gasteiger charge is 2.23. The van der Waals surface area contributed by atoms with Crippen LogP contribution in [-0.4, -0.2) is 26.4 Å². The van der Waals surface area contributed by atoms with E-state index in [-0.39, 0.29) is 27.7 Å². The van der Waals surface area contributed by atoms with E-state index in [4.69, 9.17) is 16.3 Å². The second kappa shape index (κ2) is 10.6. The number of esters is 1. The molecule has 0 spiro atoms. The molecule has 0 aliphatic carbocycles. The lowest BCUT2D eigenvalue weighted by Crippen LogP contribution is -2.30. The van der Waals surface area contributed by atoms with E-state index < -0.39 is 33.8 Å². The third-order valence-electron chi connectivity index (χ3n) is 4.55. The van der Waals surface area contributed by atoms with E-state index in [1.165, 1.54) is 43.3 Å². The van der Waals surface area contributed by atoms with Crippen LogP contribution in [0.2, 0.25) is 5.02 Å². The Labute approximate surface area is 195 Å². The zero-order chi connectivity index (χ0) is 24.0. The normalized spacial score (nSPS) is 12.1. The number of anilines is 1. The standard InChI is InChI=1S/C23H20ClFN2O5S/c1-15(22(28)27-20-10-6-5-9-19(20)25)32-23(29)17-11-12-18(24)21(13-17)33(30,31)26-14-16-7-3-2-4-8-16/h2-13,15,26H,14H2,1H3,(H,27,28). The summed E-state index contributed by atoms with van der Waals surface area (Å²) < 4.78 is 46.7. The minimum Gasteiger partial charge on any atom is -0.449 e. The van der Waals surface area contributed by atoms with Gasteiger partial charge < -0.3 is 10.1 Å². The van der Waals surface area contributed by atoms with Crippen molar-refractivity contribution in [3.8, 4) is 0 Å². The summed E-state index contributed by atoms with van der Waals surface area (Å²) in [5.41, 5.74) is 0.558. The molecule has 0 fully saturated rings. The van der Waals surface area contributed by atoms with E-state index in [1.807, 2.05) is 6.07 Å². The number of nitrogens with one attached hydrogen (secondary N) is 2. The third-order valence-corrected chi connectivity index (χ3v) is 6.43. The average Bonchev–Trinajstić information content (AvgIpc) is 2.80. The topological polar surface area (TPSA) is 102 Å². The van der Waals surface area contributed by atoms with Crippen LogP contribution in [0.25, 0.3) is 0 Å². The number of hydrogen-bond acceptors (Lipinski definition) is 5. The molecule has 1 unspecified atom stereocenters. The molecule has 0 saturated heterocycles. The van der Waals surface area contributed by atoms with Crippen molar-refractivity contribution < 1.29 is 27.1 Å². The molecule has 0 bridgehead atoms. The smallest absolute Gasteiger partial charge is 0.338 e. The van der Waals surface area contributed by atoms with Gasteiger partial charge in [-0.05, 0) is 42.8 Å². The molecule has 33 heavy (non-hydrogen) atoms. The number of benzene rings is 3. The molecule has 3 rings (SSSR count). The summed E-state index contributed by atoms with van der Waals surface area (Å²) in [6.07, 6.45) is -1.27. The van der Waals surface area contributed by atoms with Gasteiger partial charge in [0.25, 0.3) is 5.91 Å². The second-order valence-electron chi connectivity index (χ2n) is 6.97. The summed E-state index contributed by atoms with van der Waals surface area (Å²) in [4.78, 5) is 24.5. The maximum absolute atomic E-state index is 13.7. The molecule has 1 atom stereocenters. The Morgan fingerprint density at radius 2 is 1.70 bits per heavy atom. The van der Waals surface area contributed by atoms with Gasteiger partial charge in [0.05, 0.1) is 16.3 Å². The molecule has 3 aromatic carbocycles. The number of hydrogen-bond donors (Lipinski definition) is 2. The lowest BCUT2D eigenvalue weighted by Gasteiger charge is -2.15. The van der Waals surface area contributed by atoms with Gasteiger partial charge in [0, 0.05) is 6.54 Å². The summed E-state index contributed by atoms with van der Waals surface area (Å²) in [7, 11) is -4.05. The lowest BCUT2D eigenvalue weighted by atomic mass is 10.2. The van der Waals surface area contributed by atoms with E-state index in [1.54, 1.807) is 24.3 Å². The summed E-state index contributed by atoms with van der Waals surface area (Å²) in [5, 5.41) is 2.24. The van der Waals surface area contributed by atoms with Gasteiger partial charge in [-0.2, -0.15) is 0 Å². The number of carbonyl (C=O) groups is 2. The predicted molar refractivity (Wildman–Crippen MR) is 122 cm³/mol. The molecule has 0 aliphatic rings. The fourth-order valence-corrected chi connectivity index (χ4v) is 4.31. The SMILES string of the molecule is CC(OC(=O)c1ccc(Cl)c(S(=O)(=O)NCc2ccccc2)c1)C(=O)Nc1ccccc1F. The van der Waals surface area contributed by atoms with Gasteiger partial charge in [0.2, 0.25) is 10.0 Å². The van der Waals surface area contributed by atoms with Gasteiger partial charge in [-0.15, -0.1) is 0 Å². The van der Waals surface area contributed by atoms with Crippen molar-refractivity contribution in [1.29, 1.82) is 0 Å². The van der Waals surface area contributed by atoms with Crippen LogP contribution in [0.5, 0.6) is 0 Å². The van der Waals surface area contributed by atoms with Crippen LogP contribution in [0, 0.1) is 5.82 Å². The highest BCUT2D eigenvalue weighted by atomic mass is 35.5. The Morgan fingerprint density at radius 1 is 1.03 bits per heavy atom. The Hall–Kier alpha value is -3.27. The summed E-state index contributed by atoms with van der Waals surface area (Å²) in [6.45, 7) is 1.34. The molecule has 2 N–H and O–H groups in total. The number of ether oxygens (including phenoxy) is 1. The maximum atomic E-state index is 13.7. The van der Waals surface area contributed by atoms with Crippen LogP contribution >= 0.6 is 11.6 Å². The molecule has 10 heteroatoms. The van der Waals surface area contributed by atoms with Crippen LogP contribution in [0.15, 0.2) is 77.7 Å². The van der Waals surface area contributed by atoms with Gasteiger partial charge in [-0.1, -0.05) is 54.1 Å². The van der Waals surface area contributed by atoms with Gasteiger partial charge in [-0.3, -0.25) is 4.79 Å². The van der Waals surface area contributed by atoms with Crippen LogP contribution in [0.1, 0.15) is 22.8 Å². The molecule has 0 saturated carbocycles. The van der Waals surface area contributed by atoms with E-state index >= 15 is 0 Å². The van der Waals surface area contributed by atoms with Crippen molar-refractivity contribution in [3.63, 3.8) is 0 Å². The molecular weight excluding hydrogens is 471 g/mol. The van der Waals surface area contributed by atoms with Gasteiger partial charge in [0.15, 0.2) is 6.10 Å². The zero-order valence-electron chi connectivity index (χ0n) is 17.4.